The van der Waals surface area contributed by atoms with Crippen LogP contribution in [0, 0.1) is 6.92 Å². The molecule has 3 heterocycles. The molecule has 1 amide bonds. The Morgan fingerprint density at radius 2 is 1.86 bits per heavy atom. The van der Waals surface area contributed by atoms with Gasteiger partial charge in [0.2, 0.25) is 11.8 Å². The smallest absolute Gasteiger partial charge is 0.223 e. The molecule has 0 bridgehead atoms. The number of hydrogen-bond donors (Lipinski definition) is 0. The minimum Gasteiger partial charge on any atom is -0.343 e. The Labute approximate surface area is 131 Å². The van der Waals surface area contributed by atoms with Crippen molar-refractivity contribution in [2.24, 2.45) is 0 Å². The van der Waals surface area contributed by atoms with Crippen molar-refractivity contribution in [3.63, 3.8) is 0 Å². The lowest BCUT2D eigenvalue weighted by Gasteiger charge is -2.34. The van der Waals surface area contributed by atoms with Gasteiger partial charge in [0.25, 0.3) is 0 Å². The summed E-state index contributed by atoms with van der Waals surface area (Å²) in [4.78, 5) is 22.7. The average Bonchev–Trinajstić information content (AvgIpc) is 3.10. The number of carbonyl (C=O) groups excluding carboxylic acids is 1. The fourth-order valence-electron chi connectivity index (χ4n) is 3.20. The number of rotatable bonds is 6. The van der Waals surface area contributed by atoms with Gasteiger partial charge in [-0.05, 0) is 19.4 Å². The second kappa shape index (κ2) is 7.19. The third-order valence-electron chi connectivity index (χ3n) is 4.47. The summed E-state index contributed by atoms with van der Waals surface area (Å²) in [6.07, 6.45) is 2.86. The van der Waals surface area contributed by atoms with Gasteiger partial charge in [0.1, 0.15) is 0 Å². The molecular formula is C15H25N5O2. The van der Waals surface area contributed by atoms with Gasteiger partial charge < -0.3 is 14.3 Å². The molecule has 1 aromatic rings. The highest BCUT2D eigenvalue weighted by atomic mass is 16.5. The van der Waals surface area contributed by atoms with E-state index in [2.05, 4.69) is 19.9 Å². The molecule has 3 rings (SSSR count). The second-order valence-electron chi connectivity index (χ2n) is 6.19. The molecule has 2 saturated heterocycles. The van der Waals surface area contributed by atoms with Crippen molar-refractivity contribution < 1.29 is 9.32 Å². The van der Waals surface area contributed by atoms with Crippen LogP contribution >= 0.6 is 0 Å². The van der Waals surface area contributed by atoms with Crippen molar-refractivity contribution in [1.29, 1.82) is 0 Å². The van der Waals surface area contributed by atoms with Crippen molar-refractivity contribution in [2.75, 3.05) is 45.8 Å². The third kappa shape index (κ3) is 4.04. The lowest BCUT2D eigenvalue weighted by molar-refractivity contribution is -0.127. The maximum absolute atomic E-state index is 11.6. The Morgan fingerprint density at radius 1 is 1.09 bits per heavy atom. The number of aryl methyl sites for hydroxylation is 1. The van der Waals surface area contributed by atoms with Crippen LogP contribution in [0.3, 0.4) is 0 Å². The summed E-state index contributed by atoms with van der Waals surface area (Å²) in [5.74, 6) is 1.74. The predicted molar refractivity (Wildman–Crippen MR) is 81.2 cm³/mol. The van der Waals surface area contributed by atoms with Gasteiger partial charge in [-0.15, -0.1) is 0 Å². The lowest BCUT2D eigenvalue weighted by atomic mass is 10.2. The van der Waals surface area contributed by atoms with E-state index in [4.69, 9.17) is 4.52 Å². The first-order valence-electron chi connectivity index (χ1n) is 8.22. The number of piperazine rings is 1. The minimum atomic E-state index is 0.334. The van der Waals surface area contributed by atoms with E-state index in [0.717, 1.165) is 77.4 Å². The summed E-state index contributed by atoms with van der Waals surface area (Å²) in [7, 11) is 0. The number of nitrogens with zero attached hydrogens (tertiary/aromatic N) is 5. The van der Waals surface area contributed by atoms with Crippen LogP contribution in [0.15, 0.2) is 4.52 Å². The number of hydrogen-bond acceptors (Lipinski definition) is 6. The first kappa shape index (κ1) is 15.4. The first-order valence-corrected chi connectivity index (χ1v) is 8.22. The van der Waals surface area contributed by atoms with Gasteiger partial charge in [-0.3, -0.25) is 9.69 Å². The molecule has 0 aromatic carbocycles. The maximum Gasteiger partial charge on any atom is 0.223 e. The molecule has 0 aliphatic carbocycles. The van der Waals surface area contributed by atoms with Crippen LogP contribution in [0.2, 0.25) is 0 Å². The van der Waals surface area contributed by atoms with Crippen LogP contribution in [-0.4, -0.2) is 76.6 Å². The van der Waals surface area contributed by atoms with E-state index < -0.39 is 0 Å². The van der Waals surface area contributed by atoms with Crippen molar-refractivity contribution in [2.45, 2.75) is 32.7 Å². The fourth-order valence-corrected chi connectivity index (χ4v) is 3.20. The molecule has 2 aliphatic heterocycles. The van der Waals surface area contributed by atoms with E-state index in [0.29, 0.717) is 11.8 Å². The summed E-state index contributed by atoms with van der Waals surface area (Å²) in [5.41, 5.74) is 0. The van der Waals surface area contributed by atoms with Crippen LogP contribution in [0.4, 0.5) is 0 Å². The summed E-state index contributed by atoms with van der Waals surface area (Å²) in [5, 5.41) is 3.95. The third-order valence-corrected chi connectivity index (χ3v) is 4.47. The topological polar surface area (TPSA) is 65.7 Å². The van der Waals surface area contributed by atoms with Gasteiger partial charge in [-0.2, -0.15) is 4.98 Å². The van der Waals surface area contributed by atoms with Gasteiger partial charge in [-0.25, -0.2) is 0 Å². The highest BCUT2D eigenvalue weighted by molar-refractivity contribution is 5.77. The maximum atomic E-state index is 11.6. The molecule has 1 aromatic heterocycles. The highest BCUT2D eigenvalue weighted by Gasteiger charge is 2.21. The Bertz CT molecular complexity index is 496. The molecule has 22 heavy (non-hydrogen) atoms. The zero-order valence-corrected chi connectivity index (χ0v) is 13.3. The quantitative estimate of drug-likeness (QED) is 0.763. The molecule has 0 N–H and O–H groups in total. The molecule has 2 fully saturated rings. The van der Waals surface area contributed by atoms with Gasteiger partial charge in [0, 0.05) is 52.6 Å². The monoisotopic (exact) mass is 307 g/mol. The van der Waals surface area contributed by atoms with Crippen molar-refractivity contribution >= 4 is 5.91 Å². The molecule has 7 heteroatoms. The zero-order chi connectivity index (χ0) is 15.4. The van der Waals surface area contributed by atoms with Crippen LogP contribution in [-0.2, 0) is 11.3 Å². The Balaban J connectivity index is 1.32. The molecule has 0 spiro atoms. The molecule has 0 atom stereocenters. The number of amides is 1. The Morgan fingerprint density at radius 3 is 2.50 bits per heavy atom. The van der Waals surface area contributed by atoms with Gasteiger partial charge in [0.15, 0.2) is 5.82 Å². The van der Waals surface area contributed by atoms with E-state index in [-0.39, 0.29) is 0 Å². The summed E-state index contributed by atoms with van der Waals surface area (Å²) in [6.45, 7) is 9.77. The molecule has 0 unspecified atom stereocenters. The Hall–Kier alpha value is -1.47. The van der Waals surface area contributed by atoms with E-state index in [1.54, 1.807) is 0 Å². The van der Waals surface area contributed by atoms with Crippen LogP contribution in [0.25, 0.3) is 0 Å². The zero-order valence-electron chi connectivity index (χ0n) is 13.3. The largest absolute Gasteiger partial charge is 0.343 e. The van der Waals surface area contributed by atoms with Gasteiger partial charge >= 0.3 is 0 Å². The highest BCUT2D eigenvalue weighted by Crippen LogP contribution is 2.11. The normalized spacial score (nSPS) is 21.0. The number of likely N-dealkylation sites (tertiary alicyclic amines) is 1. The van der Waals surface area contributed by atoms with Crippen LogP contribution in [0.1, 0.15) is 31.0 Å². The van der Waals surface area contributed by atoms with E-state index >= 15 is 0 Å². The molecular weight excluding hydrogens is 282 g/mol. The standard InChI is InChI=1S/C15H25N5O2/c1-13-16-14(17-22-13)12-19-10-8-18(9-11-19)5-3-7-20-6-2-4-15(20)21/h2-12H2,1H3. The fraction of sp³-hybridized carbons (Fsp3) is 0.800. The van der Waals surface area contributed by atoms with Gasteiger partial charge in [0.05, 0.1) is 6.54 Å². The van der Waals surface area contributed by atoms with Gasteiger partial charge in [-0.1, -0.05) is 5.16 Å². The molecule has 2 aliphatic rings. The van der Waals surface area contributed by atoms with Crippen molar-refractivity contribution in [3.8, 4) is 0 Å². The number of aromatic nitrogens is 2. The molecule has 0 radical (unpaired) electrons. The molecule has 0 saturated carbocycles. The van der Waals surface area contributed by atoms with E-state index in [1.165, 1.54) is 0 Å². The summed E-state index contributed by atoms with van der Waals surface area (Å²) >= 11 is 0. The van der Waals surface area contributed by atoms with E-state index in [9.17, 15) is 4.79 Å². The van der Waals surface area contributed by atoms with Crippen LogP contribution in [0.5, 0.6) is 0 Å². The van der Waals surface area contributed by atoms with Crippen molar-refractivity contribution in [3.05, 3.63) is 11.7 Å². The summed E-state index contributed by atoms with van der Waals surface area (Å²) < 4.78 is 5.01. The predicted octanol–water partition coefficient (Wildman–Crippen LogP) is 0.508. The molecule has 7 nitrogen and oxygen atoms in total. The second-order valence-corrected chi connectivity index (χ2v) is 6.19. The average molecular weight is 307 g/mol. The minimum absolute atomic E-state index is 0.334. The first-order chi connectivity index (χ1) is 10.7. The SMILES string of the molecule is Cc1nc(CN2CCN(CCCN3CCCC3=O)CC2)no1. The van der Waals surface area contributed by atoms with Crippen LogP contribution < -0.4 is 0 Å². The molecule has 122 valence electrons. The number of carbonyl (C=O) groups is 1. The van der Waals surface area contributed by atoms with Crippen molar-refractivity contribution in [1.82, 2.24) is 24.8 Å². The lowest BCUT2D eigenvalue weighted by Crippen LogP contribution is -2.46. The Kier molecular flexibility index (Phi) is 5.04. The van der Waals surface area contributed by atoms with E-state index in [1.807, 2.05) is 11.8 Å². The summed E-state index contributed by atoms with van der Waals surface area (Å²) in [6, 6.07) is 0.